The maximum atomic E-state index is 4.32. The van der Waals surface area contributed by atoms with E-state index in [1.807, 2.05) is 0 Å². The minimum atomic E-state index is 0.355. The summed E-state index contributed by atoms with van der Waals surface area (Å²) in [7, 11) is 0. The Bertz CT molecular complexity index is 514. The second-order valence-electron chi connectivity index (χ2n) is 4.59. The van der Waals surface area contributed by atoms with Crippen molar-refractivity contribution in [3.8, 4) is 11.4 Å². The second kappa shape index (κ2) is 5.65. The van der Waals surface area contributed by atoms with Crippen molar-refractivity contribution in [3.05, 3.63) is 35.7 Å². The van der Waals surface area contributed by atoms with E-state index in [0.29, 0.717) is 6.04 Å². The fraction of sp³-hybridized carbons (Fsp3) is 0.429. The first-order valence-electron chi connectivity index (χ1n) is 6.26. The molecule has 4 heteroatoms. The van der Waals surface area contributed by atoms with Gasteiger partial charge in [0.2, 0.25) is 0 Å². The zero-order chi connectivity index (χ0) is 13.1. The molecule has 3 nitrogen and oxygen atoms in total. The van der Waals surface area contributed by atoms with Crippen LogP contribution < -0.4 is 0 Å². The van der Waals surface area contributed by atoms with Crippen LogP contribution in [0, 0.1) is 0 Å². The largest absolute Gasteiger partial charge is 0.308 e. The van der Waals surface area contributed by atoms with E-state index < -0.39 is 0 Å². The zero-order valence-corrected chi connectivity index (χ0v) is 12.6. The van der Waals surface area contributed by atoms with Gasteiger partial charge in [-0.05, 0) is 25.8 Å². The molecule has 0 amide bonds. The lowest BCUT2D eigenvalue weighted by atomic mass is 10.1. The van der Waals surface area contributed by atoms with E-state index >= 15 is 0 Å². The summed E-state index contributed by atoms with van der Waals surface area (Å²) < 4.78 is 2.18. The fourth-order valence-corrected chi connectivity index (χ4v) is 2.43. The molecule has 1 heterocycles. The van der Waals surface area contributed by atoms with Gasteiger partial charge in [-0.1, -0.05) is 47.1 Å². The van der Waals surface area contributed by atoms with Crippen molar-refractivity contribution in [3.63, 3.8) is 0 Å². The highest BCUT2D eigenvalue weighted by Crippen LogP contribution is 2.23. The first kappa shape index (κ1) is 13.3. The quantitative estimate of drug-likeness (QED) is 0.800. The van der Waals surface area contributed by atoms with Crippen molar-refractivity contribution in [1.82, 2.24) is 14.8 Å². The Balaban J connectivity index is 2.46. The highest BCUT2D eigenvalue weighted by Gasteiger charge is 2.15. The second-order valence-corrected chi connectivity index (χ2v) is 5.15. The number of alkyl halides is 1. The number of aromatic nitrogens is 3. The minimum absolute atomic E-state index is 0.355. The molecule has 0 aliphatic carbocycles. The molecule has 1 aromatic carbocycles. The maximum absolute atomic E-state index is 4.32. The molecule has 0 aliphatic rings. The molecule has 2 rings (SSSR count). The number of nitrogens with zero attached hydrogens (tertiary/aromatic N) is 3. The Morgan fingerprint density at radius 2 is 1.83 bits per heavy atom. The first-order valence-corrected chi connectivity index (χ1v) is 7.38. The predicted molar refractivity (Wildman–Crippen MR) is 77.9 cm³/mol. The highest BCUT2D eigenvalue weighted by molar-refractivity contribution is 9.08. The van der Waals surface area contributed by atoms with E-state index in [9.17, 15) is 0 Å². The molecule has 96 valence electrons. The standard InChI is InChI=1S/C14H18BrN3/c1-4-11-5-7-12(8-6-11)14-17-16-13(9-15)18(14)10(2)3/h5-8,10H,4,9H2,1-3H3. The summed E-state index contributed by atoms with van der Waals surface area (Å²) >= 11 is 3.46. The lowest BCUT2D eigenvalue weighted by Gasteiger charge is -2.13. The monoisotopic (exact) mass is 307 g/mol. The molecule has 0 fully saturated rings. The number of rotatable bonds is 4. The van der Waals surface area contributed by atoms with Gasteiger partial charge in [-0.25, -0.2) is 0 Å². The molecule has 0 saturated heterocycles. The SMILES string of the molecule is CCc1ccc(-c2nnc(CBr)n2C(C)C)cc1. The van der Waals surface area contributed by atoms with Crippen LogP contribution in [0.25, 0.3) is 11.4 Å². The number of benzene rings is 1. The van der Waals surface area contributed by atoms with Crippen LogP contribution in [0.1, 0.15) is 38.2 Å². The van der Waals surface area contributed by atoms with Gasteiger partial charge in [0.15, 0.2) is 5.82 Å². The number of halogens is 1. The first-order chi connectivity index (χ1) is 8.67. The lowest BCUT2D eigenvalue weighted by Crippen LogP contribution is -2.06. The van der Waals surface area contributed by atoms with Crippen LogP contribution in [0.4, 0.5) is 0 Å². The van der Waals surface area contributed by atoms with E-state index in [4.69, 9.17) is 0 Å². The molecule has 0 aliphatic heterocycles. The van der Waals surface area contributed by atoms with Gasteiger partial charge >= 0.3 is 0 Å². The molecular formula is C14H18BrN3. The van der Waals surface area contributed by atoms with Gasteiger partial charge in [0.25, 0.3) is 0 Å². The maximum Gasteiger partial charge on any atom is 0.164 e. The van der Waals surface area contributed by atoms with E-state index in [1.54, 1.807) is 0 Å². The van der Waals surface area contributed by atoms with Crippen LogP contribution in [0.5, 0.6) is 0 Å². The zero-order valence-electron chi connectivity index (χ0n) is 11.0. The van der Waals surface area contributed by atoms with Gasteiger partial charge in [-0.3, -0.25) is 0 Å². The fourth-order valence-electron chi connectivity index (χ4n) is 2.04. The molecule has 0 atom stereocenters. The summed E-state index contributed by atoms with van der Waals surface area (Å²) in [6.07, 6.45) is 1.06. The van der Waals surface area contributed by atoms with Crippen molar-refractivity contribution < 1.29 is 0 Å². The van der Waals surface area contributed by atoms with Crippen LogP contribution in [0.2, 0.25) is 0 Å². The average molecular weight is 308 g/mol. The number of hydrogen-bond donors (Lipinski definition) is 0. The molecule has 1 aromatic heterocycles. The topological polar surface area (TPSA) is 30.7 Å². The van der Waals surface area contributed by atoms with E-state index in [0.717, 1.165) is 29.0 Å². The summed E-state index contributed by atoms with van der Waals surface area (Å²) in [4.78, 5) is 0. The minimum Gasteiger partial charge on any atom is -0.308 e. The summed E-state index contributed by atoms with van der Waals surface area (Å²) in [5.41, 5.74) is 2.47. The third-order valence-corrected chi connectivity index (χ3v) is 3.52. The average Bonchev–Trinajstić information content (AvgIpc) is 2.82. The van der Waals surface area contributed by atoms with Crippen LogP contribution in [0.15, 0.2) is 24.3 Å². The molecule has 0 unspecified atom stereocenters. The molecule has 0 saturated carbocycles. The Kier molecular flexibility index (Phi) is 4.17. The molecule has 0 spiro atoms. The van der Waals surface area contributed by atoms with Gasteiger partial charge < -0.3 is 4.57 Å². The molecule has 0 N–H and O–H groups in total. The van der Waals surface area contributed by atoms with Crippen LogP contribution >= 0.6 is 15.9 Å². The summed E-state index contributed by atoms with van der Waals surface area (Å²) in [6.45, 7) is 6.47. The third kappa shape index (κ3) is 2.48. The van der Waals surface area contributed by atoms with E-state index in [-0.39, 0.29) is 0 Å². The van der Waals surface area contributed by atoms with Crippen molar-refractivity contribution in [2.24, 2.45) is 0 Å². The molecule has 2 aromatic rings. The van der Waals surface area contributed by atoms with E-state index in [1.165, 1.54) is 5.56 Å². The summed E-state index contributed by atoms with van der Waals surface area (Å²) in [6, 6.07) is 8.91. The van der Waals surface area contributed by atoms with Crippen molar-refractivity contribution in [2.45, 2.75) is 38.6 Å². The van der Waals surface area contributed by atoms with Crippen molar-refractivity contribution in [2.75, 3.05) is 0 Å². The van der Waals surface area contributed by atoms with E-state index in [2.05, 4.69) is 75.7 Å². The Morgan fingerprint density at radius 3 is 2.33 bits per heavy atom. The van der Waals surface area contributed by atoms with Gasteiger partial charge in [0, 0.05) is 11.6 Å². The summed E-state index contributed by atoms with van der Waals surface area (Å²) in [5.74, 6) is 1.92. The van der Waals surface area contributed by atoms with Crippen molar-refractivity contribution >= 4 is 15.9 Å². The van der Waals surface area contributed by atoms with Gasteiger partial charge in [0.1, 0.15) is 5.82 Å². The Labute approximate surface area is 116 Å². The van der Waals surface area contributed by atoms with Gasteiger partial charge in [-0.2, -0.15) is 0 Å². The molecular weight excluding hydrogens is 290 g/mol. The normalized spacial score (nSPS) is 11.2. The Hall–Kier alpha value is -1.16. The smallest absolute Gasteiger partial charge is 0.164 e. The third-order valence-electron chi connectivity index (χ3n) is 3.02. The number of aryl methyl sites for hydroxylation is 1. The van der Waals surface area contributed by atoms with Crippen molar-refractivity contribution in [1.29, 1.82) is 0 Å². The highest BCUT2D eigenvalue weighted by atomic mass is 79.9. The van der Waals surface area contributed by atoms with Crippen LogP contribution in [0.3, 0.4) is 0 Å². The molecule has 18 heavy (non-hydrogen) atoms. The predicted octanol–water partition coefficient (Wildman–Crippen LogP) is 3.98. The van der Waals surface area contributed by atoms with Crippen LogP contribution in [-0.4, -0.2) is 14.8 Å². The summed E-state index contributed by atoms with van der Waals surface area (Å²) in [5, 5.41) is 9.29. The van der Waals surface area contributed by atoms with Crippen LogP contribution in [-0.2, 0) is 11.8 Å². The Morgan fingerprint density at radius 1 is 1.17 bits per heavy atom. The van der Waals surface area contributed by atoms with Gasteiger partial charge in [-0.15, -0.1) is 10.2 Å². The molecule has 0 radical (unpaired) electrons. The lowest BCUT2D eigenvalue weighted by molar-refractivity contribution is 0.586. The molecule has 0 bridgehead atoms. The number of hydrogen-bond acceptors (Lipinski definition) is 2. The van der Waals surface area contributed by atoms with Gasteiger partial charge in [0.05, 0.1) is 5.33 Å².